The molecule has 1 amide bonds. The summed E-state index contributed by atoms with van der Waals surface area (Å²) in [6.07, 6.45) is 2.79. The third-order valence-electron chi connectivity index (χ3n) is 6.97. The number of nitrogens with zero attached hydrogens (tertiary/aromatic N) is 2. The summed E-state index contributed by atoms with van der Waals surface area (Å²) in [5.41, 5.74) is 3.41. The largest absolute Gasteiger partial charge is 0.476 e. The van der Waals surface area contributed by atoms with Gasteiger partial charge in [-0.3, -0.25) is 14.0 Å². The predicted octanol–water partition coefficient (Wildman–Crippen LogP) is 4.09. The molecule has 1 fully saturated rings. The van der Waals surface area contributed by atoms with E-state index in [0.717, 1.165) is 25.2 Å². The van der Waals surface area contributed by atoms with E-state index in [2.05, 4.69) is 16.3 Å². The fourth-order valence-corrected chi connectivity index (χ4v) is 6.59. The van der Waals surface area contributed by atoms with Crippen LogP contribution < -0.4 is 14.4 Å². The van der Waals surface area contributed by atoms with Crippen molar-refractivity contribution in [1.82, 2.24) is 10.2 Å². The van der Waals surface area contributed by atoms with Crippen LogP contribution >= 0.6 is 0 Å². The lowest BCUT2D eigenvalue weighted by atomic mass is 10.0. The number of ether oxygens (including phenoxy) is 1. The summed E-state index contributed by atoms with van der Waals surface area (Å²) in [5.74, 6) is -0.0985. The van der Waals surface area contributed by atoms with Gasteiger partial charge in [-0.05, 0) is 54.8 Å². The van der Waals surface area contributed by atoms with Gasteiger partial charge in [0.25, 0.3) is 5.91 Å². The molecule has 7 nitrogen and oxygen atoms in total. The van der Waals surface area contributed by atoms with Gasteiger partial charge in [-0.25, -0.2) is 8.42 Å². The number of nitrogens with one attached hydrogen (secondary N) is 1. The second kappa shape index (κ2) is 11.4. The monoisotopic (exact) mass is 519 g/mol. The quantitative estimate of drug-likeness (QED) is 0.485. The average Bonchev–Trinajstić information content (AvgIpc) is 2.92. The molecule has 8 heteroatoms. The van der Waals surface area contributed by atoms with E-state index >= 15 is 0 Å². The molecule has 37 heavy (non-hydrogen) atoms. The number of hydrogen-bond acceptors (Lipinski definition) is 5. The van der Waals surface area contributed by atoms with E-state index in [4.69, 9.17) is 4.74 Å². The molecule has 0 aliphatic carbocycles. The number of carbonyl (C=O) groups excluding carboxylic acids is 1. The smallest absolute Gasteiger partial charge is 0.263 e. The fraction of sp³-hybridized carbons (Fsp3) is 0.345. The highest BCUT2D eigenvalue weighted by Gasteiger charge is 2.36. The maximum atomic E-state index is 13.4. The number of anilines is 1. The molecule has 5 rings (SSSR count). The first kappa shape index (κ1) is 25.3. The second-order valence-corrected chi connectivity index (χ2v) is 11.6. The standard InChI is InChI=1S/C29H33N3O4S/c33-29(30-19-24-13-5-6-14-25(24)20-31-17-9-2-10-18-31)28-21-32(26-15-7-8-16-27(26)36-28)37(34,35)22-23-11-3-1-4-12-23/h1,3-8,11-16,28H,2,9-10,17-22H2,(H,30,33)/t28-/m0/s1. The molecule has 0 radical (unpaired) electrons. The van der Waals surface area contributed by atoms with Gasteiger partial charge in [0.05, 0.1) is 18.0 Å². The molecule has 1 saturated heterocycles. The topological polar surface area (TPSA) is 79.0 Å². The van der Waals surface area contributed by atoms with Crippen LogP contribution in [0.5, 0.6) is 5.75 Å². The Hall–Kier alpha value is -3.36. The highest BCUT2D eigenvalue weighted by Crippen LogP contribution is 2.35. The van der Waals surface area contributed by atoms with Crippen molar-refractivity contribution in [3.63, 3.8) is 0 Å². The molecule has 1 atom stereocenters. The number of sulfonamides is 1. The molecule has 2 heterocycles. The zero-order valence-electron chi connectivity index (χ0n) is 20.9. The van der Waals surface area contributed by atoms with E-state index in [1.165, 1.54) is 29.1 Å². The Labute approximate surface area is 219 Å². The first-order chi connectivity index (χ1) is 18.0. The summed E-state index contributed by atoms with van der Waals surface area (Å²) >= 11 is 0. The Morgan fingerprint density at radius 1 is 0.865 bits per heavy atom. The van der Waals surface area contributed by atoms with Gasteiger partial charge in [0.1, 0.15) is 5.75 Å². The molecule has 3 aromatic carbocycles. The fourth-order valence-electron chi connectivity index (χ4n) is 5.00. The van der Waals surface area contributed by atoms with Crippen molar-refractivity contribution < 1.29 is 17.9 Å². The lowest BCUT2D eigenvalue weighted by Crippen LogP contribution is -2.50. The van der Waals surface area contributed by atoms with Crippen molar-refractivity contribution in [2.45, 2.75) is 44.2 Å². The van der Waals surface area contributed by atoms with Gasteiger partial charge < -0.3 is 10.1 Å². The summed E-state index contributed by atoms with van der Waals surface area (Å²) in [5, 5.41) is 2.99. The minimum atomic E-state index is -3.74. The zero-order valence-corrected chi connectivity index (χ0v) is 21.7. The zero-order chi connectivity index (χ0) is 25.7. The Kier molecular flexibility index (Phi) is 7.76. The number of para-hydroxylation sites is 2. The van der Waals surface area contributed by atoms with Gasteiger partial charge in [-0.2, -0.15) is 0 Å². The van der Waals surface area contributed by atoms with Crippen LogP contribution in [0.3, 0.4) is 0 Å². The summed E-state index contributed by atoms with van der Waals surface area (Å²) in [6, 6.07) is 24.2. The Morgan fingerprint density at radius 2 is 1.54 bits per heavy atom. The highest BCUT2D eigenvalue weighted by molar-refractivity contribution is 7.92. The number of hydrogen-bond donors (Lipinski definition) is 1. The first-order valence-corrected chi connectivity index (χ1v) is 14.5. The molecule has 0 saturated carbocycles. The summed E-state index contributed by atoms with van der Waals surface area (Å²) in [7, 11) is -3.74. The number of carbonyl (C=O) groups is 1. The molecule has 194 valence electrons. The van der Waals surface area contributed by atoms with E-state index in [1.807, 2.05) is 36.4 Å². The molecule has 0 aromatic heterocycles. The lowest BCUT2D eigenvalue weighted by molar-refractivity contribution is -0.127. The van der Waals surface area contributed by atoms with Crippen molar-refractivity contribution in [3.05, 3.63) is 95.6 Å². The SMILES string of the molecule is O=C(NCc1ccccc1CN1CCCCC1)[C@@H]1CN(S(=O)(=O)Cc2ccccc2)c2ccccc2O1. The first-order valence-electron chi connectivity index (χ1n) is 12.9. The van der Waals surface area contributed by atoms with E-state index in [9.17, 15) is 13.2 Å². The maximum absolute atomic E-state index is 13.4. The third-order valence-corrected chi connectivity index (χ3v) is 8.68. The summed E-state index contributed by atoms with van der Waals surface area (Å²) in [6.45, 7) is 3.35. The molecule has 0 spiro atoms. The Morgan fingerprint density at radius 3 is 2.32 bits per heavy atom. The summed E-state index contributed by atoms with van der Waals surface area (Å²) in [4.78, 5) is 15.7. The third kappa shape index (κ3) is 6.14. The number of benzene rings is 3. The number of likely N-dealkylation sites (tertiary alicyclic amines) is 1. The van der Waals surface area contributed by atoms with Crippen LogP contribution in [0.25, 0.3) is 0 Å². The van der Waals surface area contributed by atoms with Gasteiger partial charge in [0, 0.05) is 13.1 Å². The van der Waals surface area contributed by atoms with Crippen LogP contribution in [0, 0.1) is 0 Å². The van der Waals surface area contributed by atoms with E-state index < -0.39 is 16.1 Å². The Bertz CT molecular complexity index is 1320. The van der Waals surface area contributed by atoms with E-state index in [-0.39, 0.29) is 18.2 Å². The highest BCUT2D eigenvalue weighted by atomic mass is 32.2. The van der Waals surface area contributed by atoms with Crippen LogP contribution in [0.1, 0.15) is 36.0 Å². The molecule has 2 aliphatic rings. The van der Waals surface area contributed by atoms with Crippen molar-refractivity contribution in [3.8, 4) is 5.75 Å². The number of rotatable bonds is 8. The predicted molar refractivity (Wildman–Crippen MR) is 145 cm³/mol. The Balaban J connectivity index is 1.29. The van der Waals surface area contributed by atoms with Crippen LogP contribution in [0.15, 0.2) is 78.9 Å². The van der Waals surface area contributed by atoms with Crippen LogP contribution in [0.2, 0.25) is 0 Å². The number of piperidine rings is 1. The second-order valence-electron chi connectivity index (χ2n) is 9.67. The van der Waals surface area contributed by atoms with Crippen LogP contribution in [-0.4, -0.2) is 45.0 Å². The number of fused-ring (bicyclic) bond motifs is 1. The molecular weight excluding hydrogens is 486 g/mol. The van der Waals surface area contributed by atoms with Crippen LogP contribution in [-0.2, 0) is 33.7 Å². The molecule has 0 unspecified atom stereocenters. The van der Waals surface area contributed by atoms with E-state index in [0.29, 0.717) is 23.5 Å². The molecule has 1 N–H and O–H groups in total. The van der Waals surface area contributed by atoms with Crippen molar-refractivity contribution >= 4 is 21.6 Å². The maximum Gasteiger partial charge on any atom is 0.263 e. The molecular formula is C29H33N3O4S. The van der Waals surface area contributed by atoms with Gasteiger partial charge >= 0.3 is 0 Å². The lowest BCUT2D eigenvalue weighted by Gasteiger charge is -2.34. The molecule has 2 aliphatic heterocycles. The minimum absolute atomic E-state index is 0.0760. The van der Waals surface area contributed by atoms with Gasteiger partial charge in [0.15, 0.2) is 6.10 Å². The van der Waals surface area contributed by atoms with Gasteiger partial charge in [-0.15, -0.1) is 0 Å². The average molecular weight is 520 g/mol. The van der Waals surface area contributed by atoms with Gasteiger partial charge in [-0.1, -0.05) is 73.2 Å². The molecule has 0 bridgehead atoms. The van der Waals surface area contributed by atoms with Crippen LogP contribution in [0.4, 0.5) is 5.69 Å². The van der Waals surface area contributed by atoms with Crippen molar-refractivity contribution in [2.75, 3.05) is 23.9 Å². The number of amides is 1. The minimum Gasteiger partial charge on any atom is -0.476 e. The van der Waals surface area contributed by atoms with Gasteiger partial charge in [0.2, 0.25) is 10.0 Å². The normalized spacial score (nSPS) is 18.1. The summed E-state index contributed by atoms with van der Waals surface area (Å²) < 4.78 is 34.2. The van der Waals surface area contributed by atoms with Crippen molar-refractivity contribution in [2.24, 2.45) is 0 Å². The van der Waals surface area contributed by atoms with Crippen molar-refractivity contribution in [1.29, 1.82) is 0 Å². The molecule has 3 aromatic rings. The van der Waals surface area contributed by atoms with E-state index in [1.54, 1.807) is 36.4 Å².